The average Bonchev–Trinajstić information content (AvgIpc) is 2.57. The summed E-state index contributed by atoms with van der Waals surface area (Å²) >= 11 is 11.2. The molecule has 8 heteroatoms. The minimum Gasteiger partial charge on any atom is -0.370 e. The van der Waals surface area contributed by atoms with E-state index < -0.39 is 0 Å². The van der Waals surface area contributed by atoms with Gasteiger partial charge in [0.15, 0.2) is 5.11 Å². The first-order valence-electron chi connectivity index (χ1n) is 8.01. The monoisotopic (exact) mass is 373 g/mol. The highest BCUT2D eigenvalue weighted by Crippen LogP contribution is 2.17. The molecule has 0 bridgehead atoms. The molecule has 1 saturated heterocycles. The van der Waals surface area contributed by atoms with Gasteiger partial charge in [-0.2, -0.15) is 5.10 Å². The van der Waals surface area contributed by atoms with Crippen molar-refractivity contribution in [1.82, 2.24) is 10.7 Å². The van der Waals surface area contributed by atoms with E-state index in [2.05, 4.69) is 15.8 Å². The van der Waals surface area contributed by atoms with Crippen molar-refractivity contribution in [3.8, 4) is 0 Å². The second kappa shape index (κ2) is 9.88. The molecule has 1 fully saturated rings. The molecule has 0 spiro atoms. The molecule has 132 valence electrons. The van der Waals surface area contributed by atoms with Crippen molar-refractivity contribution in [3.63, 3.8) is 0 Å². The van der Waals surface area contributed by atoms with Crippen LogP contribution in [-0.2, 0) is 4.74 Å². The smallest absolute Gasteiger partial charge is 0.186 e. The Kier molecular flexibility index (Phi) is 7.84. The summed E-state index contributed by atoms with van der Waals surface area (Å²) in [6.07, 6.45) is 1.03. The molecule has 0 aliphatic carbocycles. The number of quaternary nitrogens is 1. The van der Waals surface area contributed by atoms with E-state index in [0.717, 1.165) is 45.8 Å². The number of hydrogen-bond acceptors (Lipinski definition) is 3. The Hall–Kier alpha value is -1.28. The molecule has 1 aromatic rings. The van der Waals surface area contributed by atoms with Gasteiger partial charge < -0.3 is 15.0 Å². The second-order valence-electron chi connectivity index (χ2n) is 5.66. The van der Waals surface area contributed by atoms with Crippen LogP contribution in [-0.4, -0.2) is 50.2 Å². The third-order valence-electron chi connectivity index (χ3n) is 3.84. The molecular formula is C16H23ClFN4OS+. The number of halogens is 2. The molecule has 0 aromatic heterocycles. The zero-order valence-corrected chi connectivity index (χ0v) is 15.3. The van der Waals surface area contributed by atoms with Crippen LogP contribution in [0.25, 0.3) is 0 Å². The van der Waals surface area contributed by atoms with Crippen LogP contribution >= 0.6 is 23.8 Å². The number of ether oxygens (including phenoxy) is 1. The van der Waals surface area contributed by atoms with Crippen molar-refractivity contribution in [2.75, 3.05) is 39.4 Å². The van der Waals surface area contributed by atoms with Crippen molar-refractivity contribution in [2.24, 2.45) is 5.10 Å². The third kappa shape index (κ3) is 6.32. The topological polar surface area (TPSA) is 50.1 Å². The number of benzene rings is 1. The minimum absolute atomic E-state index is 0.324. The van der Waals surface area contributed by atoms with E-state index in [1.165, 1.54) is 12.1 Å². The predicted octanol–water partition coefficient (Wildman–Crippen LogP) is 0.972. The van der Waals surface area contributed by atoms with E-state index >= 15 is 0 Å². The number of thiocarbonyl (C=S) groups is 1. The summed E-state index contributed by atoms with van der Waals surface area (Å²) in [5, 5.41) is 8.10. The van der Waals surface area contributed by atoms with Gasteiger partial charge in [-0.1, -0.05) is 11.6 Å². The Labute approximate surface area is 152 Å². The summed E-state index contributed by atoms with van der Waals surface area (Å²) < 4.78 is 18.4. The van der Waals surface area contributed by atoms with Gasteiger partial charge in [-0.15, -0.1) is 0 Å². The van der Waals surface area contributed by atoms with Gasteiger partial charge in [0, 0.05) is 18.5 Å². The van der Waals surface area contributed by atoms with Crippen LogP contribution in [0.4, 0.5) is 4.39 Å². The number of hydrogen-bond donors (Lipinski definition) is 3. The van der Waals surface area contributed by atoms with Crippen molar-refractivity contribution < 1.29 is 14.0 Å². The number of nitrogens with zero attached hydrogens (tertiary/aromatic N) is 1. The zero-order chi connectivity index (χ0) is 17.4. The molecule has 1 aliphatic heterocycles. The third-order valence-corrected chi connectivity index (χ3v) is 4.39. The average molecular weight is 374 g/mol. The first kappa shape index (κ1) is 19.1. The van der Waals surface area contributed by atoms with Gasteiger partial charge in [0.05, 0.1) is 30.5 Å². The molecule has 1 aromatic carbocycles. The summed E-state index contributed by atoms with van der Waals surface area (Å²) in [7, 11) is 0. The van der Waals surface area contributed by atoms with Crippen LogP contribution in [0.15, 0.2) is 23.3 Å². The first-order valence-corrected chi connectivity index (χ1v) is 8.80. The lowest BCUT2D eigenvalue weighted by molar-refractivity contribution is -0.908. The Morgan fingerprint density at radius 3 is 2.88 bits per heavy atom. The van der Waals surface area contributed by atoms with Crippen LogP contribution in [0.2, 0.25) is 5.02 Å². The minimum atomic E-state index is -0.371. The van der Waals surface area contributed by atoms with E-state index in [4.69, 9.17) is 28.6 Å². The van der Waals surface area contributed by atoms with Crippen LogP contribution in [0.5, 0.6) is 0 Å². The maximum Gasteiger partial charge on any atom is 0.186 e. The van der Waals surface area contributed by atoms with E-state index in [1.54, 1.807) is 17.9 Å². The van der Waals surface area contributed by atoms with Gasteiger partial charge in [0.2, 0.25) is 0 Å². The molecular weight excluding hydrogens is 351 g/mol. The zero-order valence-electron chi connectivity index (χ0n) is 13.7. The molecule has 5 nitrogen and oxygen atoms in total. The maximum atomic E-state index is 13.1. The summed E-state index contributed by atoms with van der Waals surface area (Å²) in [5.74, 6) is -0.371. The van der Waals surface area contributed by atoms with E-state index in [0.29, 0.717) is 21.4 Å². The fourth-order valence-corrected chi connectivity index (χ4v) is 2.92. The van der Waals surface area contributed by atoms with Gasteiger partial charge in [-0.3, -0.25) is 5.43 Å². The van der Waals surface area contributed by atoms with Crippen LogP contribution < -0.4 is 15.6 Å². The Morgan fingerprint density at radius 2 is 2.17 bits per heavy atom. The number of hydrazone groups is 1. The fraction of sp³-hybridized carbons (Fsp3) is 0.500. The number of nitrogens with one attached hydrogen (secondary N) is 3. The lowest BCUT2D eigenvalue weighted by Gasteiger charge is -2.23. The van der Waals surface area contributed by atoms with Crippen LogP contribution in [0, 0.1) is 5.82 Å². The molecule has 0 saturated carbocycles. The summed E-state index contributed by atoms with van der Waals surface area (Å²) in [6, 6.07) is 4.21. The number of rotatable bonds is 6. The molecule has 1 aliphatic rings. The standard InChI is InChI=1S/C16H22ClFN4OS/c1-12(14-4-3-13(18)11-15(14)17)20-21-16(24)19-5-2-6-22-7-9-23-10-8-22/h3-4,11H,2,5-10H2,1H3,(H2,19,21,24)/p+1/b20-12-. The first-order chi connectivity index (χ1) is 11.6. The van der Waals surface area contributed by atoms with Crippen molar-refractivity contribution in [3.05, 3.63) is 34.6 Å². The normalized spacial score (nSPS) is 16.0. The molecule has 0 radical (unpaired) electrons. The van der Waals surface area contributed by atoms with E-state index in [9.17, 15) is 4.39 Å². The molecule has 3 N–H and O–H groups in total. The Bertz CT molecular complexity index is 593. The van der Waals surface area contributed by atoms with Gasteiger partial charge in [-0.25, -0.2) is 4.39 Å². The van der Waals surface area contributed by atoms with Gasteiger partial charge in [0.1, 0.15) is 18.9 Å². The lowest BCUT2D eigenvalue weighted by Crippen LogP contribution is -3.14. The largest absolute Gasteiger partial charge is 0.370 e. The molecule has 24 heavy (non-hydrogen) atoms. The highest BCUT2D eigenvalue weighted by molar-refractivity contribution is 7.80. The molecule has 2 rings (SSSR count). The highest BCUT2D eigenvalue weighted by Gasteiger charge is 2.12. The van der Waals surface area contributed by atoms with Crippen LogP contribution in [0.3, 0.4) is 0 Å². The van der Waals surface area contributed by atoms with Gasteiger partial charge in [0.25, 0.3) is 0 Å². The molecule has 0 atom stereocenters. The second-order valence-corrected chi connectivity index (χ2v) is 6.47. The van der Waals surface area contributed by atoms with Crippen molar-refractivity contribution in [2.45, 2.75) is 13.3 Å². The molecule has 1 heterocycles. The lowest BCUT2D eigenvalue weighted by atomic mass is 10.1. The SMILES string of the molecule is C/C(=N/NC(=S)NCCC[NH+]1CCOCC1)c1ccc(F)cc1Cl. The fourth-order valence-electron chi connectivity index (χ4n) is 2.47. The molecule has 0 amide bonds. The van der Waals surface area contributed by atoms with Crippen molar-refractivity contribution in [1.29, 1.82) is 0 Å². The quantitative estimate of drug-likeness (QED) is 0.301. The van der Waals surface area contributed by atoms with E-state index in [1.807, 2.05) is 0 Å². The van der Waals surface area contributed by atoms with E-state index in [-0.39, 0.29) is 5.82 Å². The molecule has 0 unspecified atom stereocenters. The van der Waals surface area contributed by atoms with Gasteiger partial charge in [-0.05, 0) is 37.3 Å². The summed E-state index contributed by atoms with van der Waals surface area (Å²) in [6.45, 7) is 7.53. The Morgan fingerprint density at radius 1 is 1.42 bits per heavy atom. The number of morpholine rings is 1. The predicted molar refractivity (Wildman–Crippen MR) is 98.4 cm³/mol. The van der Waals surface area contributed by atoms with Crippen molar-refractivity contribution >= 4 is 34.6 Å². The maximum absolute atomic E-state index is 13.1. The van der Waals surface area contributed by atoms with Crippen LogP contribution in [0.1, 0.15) is 18.9 Å². The summed E-state index contributed by atoms with van der Waals surface area (Å²) in [4.78, 5) is 1.57. The Balaban J connectivity index is 1.69. The van der Waals surface area contributed by atoms with Gasteiger partial charge >= 0.3 is 0 Å². The summed E-state index contributed by atoms with van der Waals surface area (Å²) in [5.41, 5.74) is 4.10. The highest BCUT2D eigenvalue weighted by atomic mass is 35.5.